The van der Waals surface area contributed by atoms with Gasteiger partial charge in [-0.05, 0) is 41.9 Å². The molecule has 0 aliphatic heterocycles. The van der Waals surface area contributed by atoms with Crippen molar-refractivity contribution in [1.29, 1.82) is 0 Å². The van der Waals surface area contributed by atoms with Gasteiger partial charge in [0, 0.05) is 11.0 Å². The summed E-state index contributed by atoms with van der Waals surface area (Å²) in [6.07, 6.45) is 5.20. The number of thioether (sulfide) groups is 1. The van der Waals surface area contributed by atoms with E-state index in [0.29, 0.717) is 10.7 Å². The fourth-order valence-electron chi connectivity index (χ4n) is 2.82. The Balaban J connectivity index is 2.03. The highest BCUT2D eigenvalue weighted by Gasteiger charge is 2.21. The van der Waals surface area contributed by atoms with Crippen LogP contribution in [-0.4, -0.2) is 29.5 Å². The van der Waals surface area contributed by atoms with Crippen molar-refractivity contribution in [1.82, 2.24) is 0 Å². The highest BCUT2D eigenvalue weighted by Crippen LogP contribution is 2.33. The topological polar surface area (TPSA) is 49.7 Å². The molecule has 1 aromatic carbocycles. The first-order valence-electron chi connectivity index (χ1n) is 7.24. The predicted octanol–water partition coefficient (Wildman–Crippen LogP) is 2.19. The first-order valence-corrected chi connectivity index (χ1v) is 8.29. The van der Waals surface area contributed by atoms with E-state index in [1.165, 1.54) is 25.7 Å². The minimum absolute atomic E-state index is 0.585. The van der Waals surface area contributed by atoms with E-state index in [9.17, 15) is 10.0 Å². The molecule has 1 aromatic rings. The summed E-state index contributed by atoms with van der Waals surface area (Å²) < 4.78 is 5.23. The van der Waals surface area contributed by atoms with Gasteiger partial charge >= 0.3 is 7.12 Å². The summed E-state index contributed by atoms with van der Waals surface area (Å²) in [4.78, 5) is 0. The minimum Gasteiger partial charge on any atom is -0.497 e. The van der Waals surface area contributed by atoms with Crippen molar-refractivity contribution in [3.8, 4) is 5.75 Å². The number of hydrogen-bond acceptors (Lipinski definition) is 4. The van der Waals surface area contributed by atoms with Gasteiger partial charge < -0.3 is 14.8 Å². The molecule has 1 aliphatic carbocycles. The van der Waals surface area contributed by atoms with E-state index in [2.05, 4.69) is 6.92 Å². The van der Waals surface area contributed by atoms with Crippen LogP contribution in [0.3, 0.4) is 0 Å². The Bertz CT molecular complexity index is 439. The maximum atomic E-state index is 9.45. The monoisotopic (exact) mass is 294 g/mol. The normalized spacial score (nSPS) is 22.6. The summed E-state index contributed by atoms with van der Waals surface area (Å²) in [5.41, 5.74) is 1.55. The van der Waals surface area contributed by atoms with Crippen molar-refractivity contribution >= 4 is 24.3 Å². The Morgan fingerprint density at radius 2 is 2.15 bits per heavy atom. The van der Waals surface area contributed by atoms with Gasteiger partial charge in [-0.25, -0.2) is 0 Å². The molecule has 1 aliphatic rings. The Labute approximate surface area is 125 Å². The zero-order valence-electron chi connectivity index (χ0n) is 12.2. The maximum absolute atomic E-state index is 9.45. The number of benzene rings is 1. The molecule has 2 unspecified atom stereocenters. The average Bonchev–Trinajstić information content (AvgIpc) is 2.44. The van der Waals surface area contributed by atoms with Crippen LogP contribution in [0.15, 0.2) is 18.2 Å². The molecular weight excluding hydrogens is 271 g/mol. The van der Waals surface area contributed by atoms with E-state index in [4.69, 9.17) is 4.74 Å². The molecule has 2 rings (SSSR count). The molecule has 20 heavy (non-hydrogen) atoms. The second-order valence-electron chi connectivity index (χ2n) is 5.64. The third-order valence-electron chi connectivity index (χ3n) is 3.99. The van der Waals surface area contributed by atoms with Crippen molar-refractivity contribution in [2.45, 2.75) is 43.6 Å². The molecule has 3 nitrogen and oxygen atoms in total. The number of hydrogen-bond donors (Lipinski definition) is 2. The molecule has 0 radical (unpaired) electrons. The smallest absolute Gasteiger partial charge is 0.488 e. The largest absolute Gasteiger partial charge is 0.497 e. The van der Waals surface area contributed by atoms with Crippen LogP contribution in [0.2, 0.25) is 0 Å². The molecule has 0 bridgehead atoms. The van der Waals surface area contributed by atoms with Crippen LogP contribution >= 0.6 is 11.8 Å². The fourth-order valence-corrected chi connectivity index (χ4v) is 4.29. The average molecular weight is 294 g/mol. The first-order chi connectivity index (χ1) is 9.60. The van der Waals surface area contributed by atoms with Crippen LogP contribution < -0.4 is 10.2 Å². The second kappa shape index (κ2) is 7.39. The molecule has 5 heteroatoms. The van der Waals surface area contributed by atoms with Gasteiger partial charge in [0.05, 0.1) is 7.11 Å². The third kappa shape index (κ3) is 4.17. The van der Waals surface area contributed by atoms with E-state index >= 15 is 0 Å². The molecule has 0 spiro atoms. The zero-order valence-corrected chi connectivity index (χ0v) is 13.0. The summed E-state index contributed by atoms with van der Waals surface area (Å²) in [5, 5.41) is 19.6. The molecule has 2 atom stereocenters. The quantitative estimate of drug-likeness (QED) is 0.817. The van der Waals surface area contributed by atoms with Crippen LogP contribution in [0.4, 0.5) is 0 Å². The predicted molar refractivity (Wildman–Crippen MR) is 85.5 cm³/mol. The van der Waals surface area contributed by atoms with E-state index in [-0.39, 0.29) is 0 Å². The molecule has 0 heterocycles. The SMILES string of the molecule is COc1ccc(B(O)O)c(CSC2CCCC(C)C2)c1. The lowest BCUT2D eigenvalue weighted by molar-refractivity contribution is 0.394. The number of rotatable bonds is 5. The van der Waals surface area contributed by atoms with Crippen LogP contribution in [0.25, 0.3) is 0 Å². The molecule has 0 aromatic heterocycles. The maximum Gasteiger partial charge on any atom is 0.488 e. The van der Waals surface area contributed by atoms with E-state index in [0.717, 1.165) is 23.0 Å². The van der Waals surface area contributed by atoms with Gasteiger partial charge in [0.25, 0.3) is 0 Å². The van der Waals surface area contributed by atoms with E-state index in [1.807, 2.05) is 17.8 Å². The van der Waals surface area contributed by atoms with Gasteiger partial charge in [-0.3, -0.25) is 0 Å². The zero-order chi connectivity index (χ0) is 14.5. The van der Waals surface area contributed by atoms with Crippen LogP contribution in [0.1, 0.15) is 38.2 Å². The van der Waals surface area contributed by atoms with E-state index < -0.39 is 7.12 Å². The van der Waals surface area contributed by atoms with Crippen molar-refractivity contribution < 1.29 is 14.8 Å². The highest BCUT2D eigenvalue weighted by molar-refractivity contribution is 7.99. The summed E-state index contributed by atoms with van der Waals surface area (Å²) >= 11 is 1.93. The van der Waals surface area contributed by atoms with Gasteiger partial charge in [0.2, 0.25) is 0 Å². The van der Waals surface area contributed by atoms with Gasteiger partial charge in [-0.15, -0.1) is 0 Å². The fraction of sp³-hybridized carbons (Fsp3) is 0.600. The number of ether oxygens (including phenoxy) is 1. The summed E-state index contributed by atoms with van der Waals surface area (Å²) in [6.45, 7) is 2.32. The molecule has 1 fully saturated rings. The lowest BCUT2D eigenvalue weighted by Gasteiger charge is -2.26. The summed E-state index contributed by atoms with van der Waals surface area (Å²) in [7, 11) is 0.214. The molecule has 0 amide bonds. The first kappa shape index (κ1) is 15.7. The lowest BCUT2D eigenvalue weighted by atomic mass is 9.77. The summed E-state index contributed by atoms with van der Waals surface area (Å²) in [6, 6.07) is 5.42. The number of methoxy groups -OCH3 is 1. The highest BCUT2D eigenvalue weighted by atomic mass is 32.2. The Kier molecular flexibility index (Phi) is 5.81. The van der Waals surface area contributed by atoms with Crippen LogP contribution in [0, 0.1) is 5.92 Å². The molecule has 1 saturated carbocycles. The van der Waals surface area contributed by atoms with Crippen molar-refractivity contribution in [2.75, 3.05) is 7.11 Å². The molecule has 2 N–H and O–H groups in total. The lowest BCUT2D eigenvalue weighted by Crippen LogP contribution is -2.33. The van der Waals surface area contributed by atoms with Gasteiger partial charge in [0.15, 0.2) is 0 Å². The standard InChI is InChI=1S/C15H23BO3S/c1-11-4-3-5-14(8-11)20-10-12-9-13(19-2)6-7-15(12)16(17)18/h6-7,9,11,14,17-18H,3-5,8,10H2,1-2H3. The second-order valence-corrected chi connectivity index (χ2v) is 6.93. The summed E-state index contributed by atoms with van der Waals surface area (Å²) in [5.74, 6) is 2.39. The van der Waals surface area contributed by atoms with Crippen LogP contribution in [-0.2, 0) is 5.75 Å². The van der Waals surface area contributed by atoms with Crippen molar-refractivity contribution in [2.24, 2.45) is 5.92 Å². The van der Waals surface area contributed by atoms with Crippen molar-refractivity contribution in [3.05, 3.63) is 23.8 Å². The Morgan fingerprint density at radius 3 is 2.80 bits per heavy atom. The molecule has 110 valence electrons. The minimum atomic E-state index is -1.42. The third-order valence-corrected chi connectivity index (χ3v) is 5.37. The van der Waals surface area contributed by atoms with E-state index in [1.54, 1.807) is 19.2 Å². The van der Waals surface area contributed by atoms with Gasteiger partial charge in [0.1, 0.15) is 5.75 Å². The Hall–Kier alpha value is -0.645. The molecule has 0 saturated heterocycles. The molecular formula is C15H23BO3S. The van der Waals surface area contributed by atoms with Crippen LogP contribution in [0.5, 0.6) is 5.75 Å². The van der Waals surface area contributed by atoms with Gasteiger partial charge in [-0.1, -0.05) is 25.8 Å². The Morgan fingerprint density at radius 1 is 1.35 bits per heavy atom. The van der Waals surface area contributed by atoms with Crippen molar-refractivity contribution in [3.63, 3.8) is 0 Å². The van der Waals surface area contributed by atoms with Gasteiger partial charge in [-0.2, -0.15) is 11.8 Å².